The third-order valence-electron chi connectivity index (χ3n) is 3.71. The molecule has 11 nitrogen and oxygen atoms in total. The van der Waals surface area contributed by atoms with Crippen molar-refractivity contribution in [3.05, 3.63) is 86.3 Å². The van der Waals surface area contributed by atoms with Gasteiger partial charge in [-0.1, -0.05) is 6.07 Å². The number of aromatic hydroxyl groups is 1. The highest BCUT2D eigenvalue weighted by Crippen LogP contribution is 2.33. The van der Waals surface area contributed by atoms with Crippen LogP contribution in [0, 0.1) is 20.2 Å². The fourth-order valence-corrected chi connectivity index (χ4v) is 2.38. The van der Waals surface area contributed by atoms with E-state index in [1.807, 2.05) is 0 Å². The summed E-state index contributed by atoms with van der Waals surface area (Å²) in [5, 5.41) is 34.6. The maximum Gasteiger partial charge on any atom is 0.318 e. The lowest BCUT2D eigenvalue weighted by atomic mass is 10.1. The average Bonchev–Trinajstić information content (AvgIpc) is 3.22. The number of hydrogen-bond donors (Lipinski definition) is 2. The van der Waals surface area contributed by atoms with Gasteiger partial charge in [-0.25, -0.2) is 0 Å². The van der Waals surface area contributed by atoms with Crippen molar-refractivity contribution in [3.63, 3.8) is 0 Å². The van der Waals surface area contributed by atoms with E-state index in [1.165, 1.54) is 18.4 Å². The van der Waals surface area contributed by atoms with Crippen molar-refractivity contribution in [2.45, 2.75) is 0 Å². The number of aliphatic imine (C=N–C) groups is 1. The first-order valence-corrected chi connectivity index (χ1v) is 8.00. The van der Waals surface area contributed by atoms with Gasteiger partial charge < -0.3 is 14.8 Å². The number of nitro benzene ring substituents is 2. The molecule has 0 spiro atoms. The summed E-state index contributed by atoms with van der Waals surface area (Å²) in [7, 11) is 0. The molecule has 0 aliphatic rings. The summed E-state index contributed by atoms with van der Waals surface area (Å²) in [5.74, 6) is -1.09. The molecule has 1 heterocycles. The van der Waals surface area contributed by atoms with Crippen molar-refractivity contribution >= 4 is 34.9 Å². The van der Waals surface area contributed by atoms with Crippen molar-refractivity contribution in [1.29, 1.82) is 0 Å². The van der Waals surface area contributed by atoms with Crippen molar-refractivity contribution in [1.82, 2.24) is 0 Å². The number of carbonyl (C=O) groups excluding carboxylic acids is 1. The van der Waals surface area contributed by atoms with Crippen LogP contribution >= 0.6 is 0 Å². The fourth-order valence-electron chi connectivity index (χ4n) is 2.38. The molecule has 0 aliphatic carbocycles. The lowest BCUT2D eigenvalue weighted by Gasteiger charge is -2.04. The topological polar surface area (TPSA) is 161 Å². The van der Waals surface area contributed by atoms with Crippen molar-refractivity contribution in [2.24, 2.45) is 4.99 Å². The van der Waals surface area contributed by atoms with Crippen molar-refractivity contribution < 1.29 is 24.2 Å². The number of carbonyl (C=O) groups is 1. The number of nitrogens with one attached hydrogen (secondary N) is 1. The Kier molecular flexibility index (Phi) is 5.30. The average molecular weight is 396 g/mol. The Morgan fingerprint density at radius 2 is 1.90 bits per heavy atom. The number of rotatable bonds is 6. The second-order valence-electron chi connectivity index (χ2n) is 5.66. The smallest absolute Gasteiger partial charge is 0.318 e. The minimum atomic E-state index is -0.926. The van der Waals surface area contributed by atoms with Crippen molar-refractivity contribution in [3.8, 4) is 5.75 Å². The molecule has 0 fully saturated rings. The first kappa shape index (κ1) is 19.2. The molecule has 0 saturated carbocycles. The molecular weight excluding hydrogens is 384 g/mol. The molecule has 0 atom stereocenters. The molecule has 1 amide bonds. The van der Waals surface area contributed by atoms with Gasteiger partial charge in [-0.3, -0.25) is 30.0 Å². The van der Waals surface area contributed by atoms with Crippen LogP contribution in [0.2, 0.25) is 0 Å². The molecule has 3 aromatic rings. The van der Waals surface area contributed by atoms with Crippen LogP contribution in [-0.4, -0.2) is 27.1 Å². The van der Waals surface area contributed by atoms with Crippen molar-refractivity contribution in [2.75, 3.05) is 5.32 Å². The van der Waals surface area contributed by atoms with E-state index in [4.69, 9.17) is 4.42 Å². The highest BCUT2D eigenvalue weighted by Gasteiger charge is 2.23. The molecule has 2 N–H and O–H groups in total. The van der Waals surface area contributed by atoms with Gasteiger partial charge in [0.2, 0.25) is 5.75 Å². The number of nitrogens with zero attached hydrogens (tertiary/aromatic N) is 3. The Labute approximate surface area is 162 Å². The van der Waals surface area contributed by atoms with Gasteiger partial charge in [0.05, 0.1) is 27.9 Å². The second kappa shape index (κ2) is 8.00. The summed E-state index contributed by atoms with van der Waals surface area (Å²) in [6.45, 7) is 0. The largest absolute Gasteiger partial charge is 0.502 e. The standard InChI is InChI=1S/C18H12N4O7/c23-17-11(7-14(21(25)26)9-15(17)22(27)28)10-19-12-3-1-4-13(8-12)20-18(24)16-5-2-6-29-16/h1-10,23H,(H,20,24). The van der Waals surface area contributed by atoms with Gasteiger partial charge in [-0.15, -0.1) is 0 Å². The van der Waals surface area contributed by atoms with Crippen LogP contribution in [-0.2, 0) is 0 Å². The van der Waals surface area contributed by atoms with Crippen LogP contribution < -0.4 is 5.32 Å². The van der Waals surface area contributed by atoms with E-state index in [0.29, 0.717) is 17.4 Å². The molecule has 29 heavy (non-hydrogen) atoms. The number of phenols is 1. The SMILES string of the molecule is O=C(Nc1cccc(N=Cc2cc([N+](=O)[O-])cc([N+](=O)[O-])c2O)c1)c1ccco1. The first-order valence-electron chi connectivity index (χ1n) is 8.00. The van der Waals surface area contributed by atoms with Gasteiger partial charge in [0.1, 0.15) is 0 Å². The summed E-state index contributed by atoms with van der Waals surface area (Å²) < 4.78 is 5.00. The van der Waals surface area contributed by atoms with Crippen LogP contribution in [0.5, 0.6) is 5.75 Å². The molecule has 3 rings (SSSR count). The minimum Gasteiger partial charge on any atom is -0.502 e. The summed E-state index contributed by atoms with van der Waals surface area (Å²) in [4.78, 5) is 36.3. The number of anilines is 1. The quantitative estimate of drug-likeness (QED) is 0.364. The molecular formula is C18H12N4O7. The third-order valence-corrected chi connectivity index (χ3v) is 3.71. The number of hydrogen-bond acceptors (Lipinski definition) is 8. The normalized spacial score (nSPS) is 10.8. The number of nitro groups is 2. The van der Waals surface area contributed by atoms with E-state index >= 15 is 0 Å². The Morgan fingerprint density at radius 1 is 1.10 bits per heavy atom. The van der Waals surface area contributed by atoms with Gasteiger partial charge >= 0.3 is 5.69 Å². The fraction of sp³-hybridized carbons (Fsp3) is 0. The first-order chi connectivity index (χ1) is 13.8. The molecule has 11 heteroatoms. The zero-order valence-corrected chi connectivity index (χ0v) is 14.5. The Hall–Kier alpha value is -4.54. The van der Waals surface area contributed by atoms with Crippen LogP contribution in [0.4, 0.5) is 22.7 Å². The summed E-state index contributed by atoms with van der Waals surface area (Å²) >= 11 is 0. The molecule has 0 bridgehead atoms. The number of furan rings is 1. The number of phenolic OH excluding ortho intramolecular Hbond substituents is 1. The maximum atomic E-state index is 12.0. The number of amides is 1. The molecule has 146 valence electrons. The second-order valence-corrected chi connectivity index (χ2v) is 5.66. The van der Waals surface area contributed by atoms with Crippen LogP contribution in [0.15, 0.2) is 64.2 Å². The van der Waals surface area contributed by atoms with Gasteiger partial charge in [-0.05, 0) is 30.3 Å². The van der Waals surface area contributed by atoms with Gasteiger partial charge in [0, 0.05) is 23.5 Å². The Balaban J connectivity index is 1.87. The lowest BCUT2D eigenvalue weighted by molar-refractivity contribution is -0.394. The molecule has 0 saturated heterocycles. The Bertz CT molecular complexity index is 1120. The van der Waals surface area contributed by atoms with Gasteiger partial charge in [-0.2, -0.15) is 0 Å². The summed E-state index contributed by atoms with van der Waals surface area (Å²) in [6, 6.07) is 11.0. The van der Waals surface area contributed by atoms with Crippen LogP contribution in [0.25, 0.3) is 0 Å². The third kappa shape index (κ3) is 4.42. The molecule has 2 aromatic carbocycles. The van der Waals surface area contributed by atoms with Crippen LogP contribution in [0.3, 0.4) is 0 Å². The predicted octanol–water partition coefficient (Wildman–Crippen LogP) is 3.80. The van der Waals surface area contributed by atoms with Gasteiger partial charge in [0.15, 0.2) is 5.76 Å². The number of benzene rings is 2. The molecule has 0 aliphatic heterocycles. The van der Waals surface area contributed by atoms with Gasteiger partial charge in [0.25, 0.3) is 11.6 Å². The highest BCUT2D eigenvalue weighted by atomic mass is 16.6. The van der Waals surface area contributed by atoms with E-state index < -0.39 is 32.9 Å². The lowest BCUT2D eigenvalue weighted by Crippen LogP contribution is -2.10. The monoisotopic (exact) mass is 396 g/mol. The van der Waals surface area contributed by atoms with E-state index in [0.717, 1.165) is 12.3 Å². The zero-order chi connectivity index (χ0) is 21.0. The maximum absolute atomic E-state index is 12.0. The number of non-ortho nitro benzene ring substituents is 1. The minimum absolute atomic E-state index is 0.118. The summed E-state index contributed by atoms with van der Waals surface area (Å²) in [6.07, 6.45) is 2.42. The van der Waals surface area contributed by atoms with E-state index in [2.05, 4.69) is 10.3 Å². The van der Waals surface area contributed by atoms with E-state index in [-0.39, 0.29) is 11.3 Å². The highest BCUT2D eigenvalue weighted by molar-refractivity contribution is 6.02. The van der Waals surface area contributed by atoms with Crippen LogP contribution in [0.1, 0.15) is 16.1 Å². The molecule has 0 radical (unpaired) electrons. The van der Waals surface area contributed by atoms with E-state index in [9.17, 15) is 30.1 Å². The molecule has 1 aromatic heterocycles. The predicted molar refractivity (Wildman–Crippen MR) is 102 cm³/mol. The molecule has 0 unspecified atom stereocenters. The zero-order valence-electron chi connectivity index (χ0n) is 14.5. The van der Waals surface area contributed by atoms with E-state index in [1.54, 1.807) is 24.3 Å². The summed E-state index contributed by atoms with van der Waals surface area (Å²) in [5.41, 5.74) is -0.836. The Morgan fingerprint density at radius 3 is 2.55 bits per heavy atom.